The van der Waals surface area contributed by atoms with Gasteiger partial charge in [0, 0.05) is 98.4 Å². The van der Waals surface area contributed by atoms with Gasteiger partial charge in [-0.3, -0.25) is 43.3 Å². The van der Waals surface area contributed by atoms with E-state index in [0.717, 1.165) is 16.5 Å². The second-order valence-electron chi connectivity index (χ2n) is 17.2. The van der Waals surface area contributed by atoms with E-state index in [1.807, 2.05) is 30.3 Å². The molecule has 2 aromatic heterocycles. The minimum atomic E-state index is -1.27. The summed E-state index contributed by atoms with van der Waals surface area (Å²) in [6.07, 6.45) is 4.55. The Bertz CT molecular complexity index is 2360. The fourth-order valence-corrected chi connectivity index (χ4v) is 8.32. The van der Waals surface area contributed by atoms with Crippen LogP contribution in [-0.4, -0.2) is 99.0 Å². The average molecular weight is 922 g/mol. The maximum Gasteiger partial charge on any atom is 0.243 e. The van der Waals surface area contributed by atoms with Crippen LogP contribution in [0.3, 0.4) is 0 Å². The van der Waals surface area contributed by atoms with Crippen molar-refractivity contribution in [2.24, 2.45) is 39.9 Å². The standard InChI is InChI=1S/C48H63N11O8/c1-2-9-44(64)57-37-15-16-43(63)53-19-17-31(41(61)24-32(45(49)65)21-33-26-55-36-14-7-6-13-35(33)36)22-40(60)30(12-8-18-54-48(50)51)23-42(62)38(20-29-10-4-3-5-11-29)58-47(67)39(59-46(37)66)25-34-27-52-28-56-34/h3-7,10-11,13-14,26-28,30-32,37-39,55H,2,8-9,12,15-25H2,1H3,(H2,49,65)(H,52,56)(H,53,63)(H,57,64)(H,58,67)(H,59,66)(H4,50,51,54)/t30-,31-,32-,37+,38-,39+/m1/s1. The van der Waals surface area contributed by atoms with Crippen LogP contribution >= 0.6 is 0 Å². The lowest BCUT2D eigenvalue weighted by atomic mass is 9.81. The summed E-state index contributed by atoms with van der Waals surface area (Å²) < 4.78 is 0. The van der Waals surface area contributed by atoms with Gasteiger partial charge in [0.2, 0.25) is 29.5 Å². The molecule has 19 heteroatoms. The largest absolute Gasteiger partial charge is 0.370 e. The number of Topliss-reactive ketones (excluding diaryl/α,β-unsaturated/α-hetero) is 3. The number of carbonyl (C=O) groups excluding carboxylic acids is 8. The van der Waals surface area contributed by atoms with Crippen molar-refractivity contribution in [3.05, 3.63) is 90.1 Å². The molecule has 12 N–H and O–H groups in total. The van der Waals surface area contributed by atoms with E-state index in [-0.39, 0.29) is 89.7 Å². The highest BCUT2D eigenvalue weighted by Crippen LogP contribution is 2.27. The Morgan fingerprint density at radius 1 is 0.866 bits per heavy atom. The highest BCUT2D eigenvalue weighted by molar-refractivity contribution is 5.98. The van der Waals surface area contributed by atoms with E-state index < -0.39 is 82.8 Å². The van der Waals surface area contributed by atoms with E-state index >= 15 is 0 Å². The predicted molar refractivity (Wildman–Crippen MR) is 250 cm³/mol. The number of H-pyrrole nitrogens is 2. The van der Waals surface area contributed by atoms with E-state index in [0.29, 0.717) is 24.1 Å². The van der Waals surface area contributed by atoms with Crippen molar-refractivity contribution in [1.29, 1.82) is 0 Å². The molecule has 0 saturated carbocycles. The average Bonchev–Trinajstić information content (AvgIpc) is 3.97. The number of primary amides is 1. The first-order chi connectivity index (χ1) is 32.2. The monoisotopic (exact) mass is 921 g/mol. The van der Waals surface area contributed by atoms with E-state index in [2.05, 4.69) is 41.2 Å². The first-order valence-electron chi connectivity index (χ1n) is 22.9. The van der Waals surface area contributed by atoms with Gasteiger partial charge in [0.15, 0.2) is 11.7 Å². The van der Waals surface area contributed by atoms with Crippen molar-refractivity contribution in [1.82, 2.24) is 36.2 Å². The zero-order chi connectivity index (χ0) is 48.3. The maximum absolute atomic E-state index is 14.6. The lowest BCUT2D eigenvalue weighted by Gasteiger charge is -2.26. The molecule has 3 heterocycles. The fourth-order valence-electron chi connectivity index (χ4n) is 8.32. The molecule has 67 heavy (non-hydrogen) atoms. The minimum absolute atomic E-state index is 0.00265. The molecular weight excluding hydrogens is 859 g/mol. The number of hydrogen-bond acceptors (Lipinski definition) is 10. The number of para-hydroxylation sites is 1. The number of benzene rings is 2. The number of carbonyl (C=O) groups is 8. The van der Waals surface area contributed by atoms with Crippen LogP contribution in [0, 0.1) is 17.8 Å². The highest BCUT2D eigenvalue weighted by atomic mass is 16.2. The summed E-state index contributed by atoms with van der Waals surface area (Å²) in [4.78, 5) is 125. The van der Waals surface area contributed by atoms with Crippen LogP contribution in [0.4, 0.5) is 0 Å². The topological polar surface area (TPSA) is 320 Å². The molecule has 0 unspecified atom stereocenters. The molecule has 4 aromatic rings. The molecule has 1 aliphatic heterocycles. The zero-order valence-electron chi connectivity index (χ0n) is 37.9. The normalized spacial score (nSPS) is 20.9. The molecule has 1 fully saturated rings. The van der Waals surface area contributed by atoms with E-state index in [4.69, 9.17) is 17.2 Å². The Balaban J connectivity index is 1.49. The van der Waals surface area contributed by atoms with Crippen LogP contribution in [-0.2, 0) is 57.6 Å². The number of imidazole rings is 1. The Kier molecular flexibility index (Phi) is 19.3. The molecule has 5 amide bonds. The molecule has 0 radical (unpaired) electrons. The van der Waals surface area contributed by atoms with Gasteiger partial charge in [0.05, 0.1) is 12.4 Å². The quantitative estimate of drug-likeness (QED) is 0.0417. The molecule has 1 aliphatic rings. The Morgan fingerprint density at radius 2 is 1.61 bits per heavy atom. The van der Waals surface area contributed by atoms with Crippen molar-refractivity contribution in [2.45, 2.75) is 109 Å². The number of guanidine groups is 1. The van der Waals surface area contributed by atoms with Gasteiger partial charge in [-0.05, 0) is 62.1 Å². The third kappa shape index (κ3) is 16.0. The van der Waals surface area contributed by atoms with Gasteiger partial charge in [-0.15, -0.1) is 0 Å². The van der Waals surface area contributed by atoms with E-state index in [9.17, 15) is 38.4 Å². The van der Waals surface area contributed by atoms with Crippen LogP contribution < -0.4 is 38.5 Å². The van der Waals surface area contributed by atoms with Gasteiger partial charge in [-0.25, -0.2) is 4.98 Å². The number of aromatic amines is 2. The molecule has 0 aliphatic carbocycles. The Hall–Kier alpha value is -7.18. The summed E-state index contributed by atoms with van der Waals surface area (Å²) in [6.45, 7) is 1.90. The van der Waals surface area contributed by atoms with Crippen molar-refractivity contribution in [3.63, 3.8) is 0 Å². The number of rotatable bonds is 17. The number of nitrogens with one attached hydrogen (secondary N) is 6. The summed E-state index contributed by atoms with van der Waals surface area (Å²) in [5, 5.41) is 11.9. The van der Waals surface area contributed by atoms with E-state index in [1.54, 1.807) is 37.4 Å². The van der Waals surface area contributed by atoms with Gasteiger partial charge in [0.25, 0.3) is 0 Å². The molecule has 358 valence electrons. The van der Waals surface area contributed by atoms with Gasteiger partial charge in [-0.1, -0.05) is 55.5 Å². The Morgan fingerprint density at radius 3 is 2.33 bits per heavy atom. The summed E-state index contributed by atoms with van der Waals surface area (Å²) in [6, 6.07) is 12.8. The molecule has 19 nitrogen and oxygen atoms in total. The van der Waals surface area contributed by atoms with Crippen LogP contribution in [0.25, 0.3) is 10.9 Å². The number of amides is 5. The first kappa shape index (κ1) is 50.8. The van der Waals surface area contributed by atoms with E-state index in [1.165, 1.54) is 12.5 Å². The molecular formula is C48H63N11O8. The second-order valence-corrected chi connectivity index (χ2v) is 17.2. The summed E-state index contributed by atoms with van der Waals surface area (Å²) in [5.41, 5.74) is 19.9. The number of aromatic nitrogens is 3. The van der Waals surface area contributed by atoms with Crippen LogP contribution in [0.5, 0.6) is 0 Å². The number of fused-ring (bicyclic) bond motifs is 1. The predicted octanol–water partition coefficient (Wildman–Crippen LogP) is 1.74. The lowest BCUT2D eigenvalue weighted by Crippen LogP contribution is -2.57. The molecule has 0 spiro atoms. The highest BCUT2D eigenvalue weighted by Gasteiger charge is 2.35. The van der Waals surface area contributed by atoms with Crippen molar-refractivity contribution >= 4 is 63.7 Å². The van der Waals surface area contributed by atoms with Crippen LogP contribution in [0.1, 0.15) is 88.0 Å². The minimum Gasteiger partial charge on any atom is -0.370 e. The van der Waals surface area contributed by atoms with Crippen molar-refractivity contribution < 1.29 is 38.4 Å². The number of nitrogens with zero attached hydrogens (tertiary/aromatic N) is 2. The molecule has 2 aromatic carbocycles. The lowest BCUT2D eigenvalue weighted by molar-refractivity contribution is -0.135. The van der Waals surface area contributed by atoms with Gasteiger partial charge < -0.3 is 48.4 Å². The summed E-state index contributed by atoms with van der Waals surface area (Å²) >= 11 is 0. The molecule has 0 bridgehead atoms. The third-order valence-electron chi connectivity index (χ3n) is 12.0. The van der Waals surface area contributed by atoms with Crippen LogP contribution in [0.15, 0.2) is 78.3 Å². The summed E-state index contributed by atoms with van der Waals surface area (Å²) in [5.74, 6) is -7.38. The van der Waals surface area contributed by atoms with Gasteiger partial charge in [-0.2, -0.15) is 0 Å². The molecule has 6 atom stereocenters. The summed E-state index contributed by atoms with van der Waals surface area (Å²) in [7, 11) is 0. The first-order valence-corrected chi connectivity index (χ1v) is 22.9. The number of aliphatic imine (C=N–C) groups is 1. The number of nitrogens with two attached hydrogens (primary N) is 3. The smallest absolute Gasteiger partial charge is 0.243 e. The number of ketones is 3. The SMILES string of the molecule is CCCC(=O)N[C@H]1CCC(=O)NCC[C@@H](C(=O)C[C@@H](Cc2c[nH]c3ccccc23)C(N)=O)CC(=O)[C@H](CCCN=C(N)N)CC(=O)[C@@H](Cc2ccccc2)NC(=O)[C@H](Cc2cnc[nH]2)NC1=O. The van der Waals surface area contributed by atoms with Crippen molar-refractivity contribution in [3.8, 4) is 0 Å². The second kappa shape index (κ2) is 25.5. The van der Waals surface area contributed by atoms with Crippen molar-refractivity contribution in [2.75, 3.05) is 13.1 Å². The van der Waals surface area contributed by atoms with Gasteiger partial charge >= 0.3 is 0 Å². The zero-order valence-corrected chi connectivity index (χ0v) is 37.9. The number of hydrogen-bond donors (Lipinski definition) is 9. The van der Waals surface area contributed by atoms with Crippen LogP contribution in [0.2, 0.25) is 0 Å². The molecule has 5 rings (SSSR count). The molecule has 1 saturated heterocycles. The van der Waals surface area contributed by atoms with Gasteiger partial charge in [0.1, 0.15) is 23.7 Å². The maximum atomic E-state index is 14.6. The Labute approximate surface area is 389 Å². The fraction of sp³-hybridized carbons (Fsp3) is 0.458. The third-order valence-corrected chi connectivity index (χ3v) is 12.0.